The van der Waals surface area contributed by atoms with Crippen LogP contribution >= 0.6 is 24.0 Å². The molecule has 146 valence electrons. The van der Waals surface area contributed by atoms with E-state index in [1.807, 2.05) is 7.05 Å². The van der Waals surface area contributed by atoms with Gasteiger partial charge in [0.25, 0.3) is 0 Å². The summed E-state index contributed by atoms with van der Waals surface area (Å²) in [5.41, 5.74) is 0.440. The van der Waals surface area contributed by atoms with Gasteiger partial charge in [-0.25, -0.2) is 0 Å². The van der Waals surface area contributed by atoms with Crippen molar-refractivity contribution in [3.05, 3.63) is 0 Å². The second kappa shape index (κ2) is 11.2. The lowest BCUT2D eigenvalue weighted by Crippen LogP contribution is -2.43. The van der Waals surface area contributed by atoms with E-state index in [9.17, 15) is 4.79 Å². The third kappa shape index (κ3) is 8.60. The molecule has 2 aliphatic carbocycles. The molecular formula is C19H37IN4O. The minimum Gasteiger partial charge on any atom is -0.356 e. The third-order valence-corrected chi connectivity index (χ3v) is 5.18. The van der Waals surface area contributed by atoms with Gasteiger partial charge in [-0.1, -0.05) is 26.7 Å². The number of halogens is 1. The third-order valence-electron chi connectivity index (χ3n) is 5.18. The van der Waals surface area contributed by atoms with Crippen LogP contribution in [0.1, 0.15) is 71.6 Å². The highest BCUT2D eigenvalue weighted by atomic mass is 127. The molecule has 1 amide bonds. The minimum atomic E-state index is 0. The molecule has 0 saturated heterocycles. The zero-order valence-electron chi connectivity index (χ0n) is 16.2. The van der Waals surface area contributed by atoms with E-state index in [0.29, 0.717) is 17.9 Å². The summed E-state index contributed by atoms with van der Waals surface area (Å²) in [7, 11) is 1.82. The Morgan fingerprint density at radius 3 is 2.44 bits per heavy atom. The van der Waals surface area contributed by atoms with E-state index in [4.69, 9.17) is 0 Å². The van der Waals surface area contributed by atoms with Gasteiger partial charge in [0.05, 0.1) is 0 Å². The van der Waals surface area contributed by atoms with Crippen molar-refractivity contribution in [3.63, 3.8) is 0 Å². The summed E-state index contributed by atoms with van der Waals surface area (Å²) >= 11 is 0. The molecule has 2 saturated carbocycles. The van der Waals surface area contributed by atoms with Crippen LogP contribution in [-0.4, -0.2) is 38.0 Å². The van der Waals surface area contributed by atoms with Gasteiger partial charge in [0.1, 0.15) is 0 Å². The molecule has 0 aromatic heterocycles. The SMILES string of the molecule is CN=C(NCCCC(=O)NC1CC1)NCC1(CC(C)C)CCCC1.I. The quantitative estimate of drug-likeness (QED) is 0.212. The Kier molecular flexibility index (Phi) is 10.1. The van der Waals surface area contributed by atoms with Crippen molar-refractivity contribution in [1.82, 2.24) is 16.0 Å². The summed E-state index contributed by atoms with van der Waals surface area (Å²) in [4.78, 5) is 16.0. The maximum Gasteiger partial charge on any atom is 0.220 e. The van der Waals surface area contributed by atoms with Crippen LogP contribution in [0.3, 0.4) is 0 Å². The number of carbonyl (C=O) groups is 1. The average molecular weight is 464 g/mol. The maximum atomic E-state index is 11.7. The highest BCUT2D eigenvalue weighted by Gasteiger charge is 2.34. The first-order chi connectivity index (χ1) is 11.5. The number of hydrogen-bond donors (Lipinski definition) is 3. The van der Waals surface area contributed by atoms with E-state index >= 15 is 0 Å². The zero-order chi connectivity index (χ0) is 17.4. The molecule has 2 aliphatic rings. The largest absolute Gasteiger partial charge is 0.356 e. The van der Waals surface area contributed by atoms with E-state index in [1.54, 1.807) is 0 Å². The molecule has 3 N–H and O–H groups in total. The Labute approximate surface area is 170 Å². The number of hydrogen-bond acceptors (Lipinski definition) is 2. The second-order valence-corrected chi connectivity index (χ2v) is 8.10. The van der Waals surface area contributed by atoms with Gasteiger partial charge in [0, 0.05) is 32.6 Å². The molecule has 0 heterocycles. The monoisotopic (exact) mass is 464 g/mol. The summed E-state index contributed by atoms with van der Waals surface area (Å²) in [5, 5.41) is 9.90. The van der Waals surface area contributed by atoms with E-state index in [1.165, 1.54) is 32.1 Å². The van der Waals surface area contributed by atoms with Gasteiger partial charge in [-0.05, 0) is 49.9 Å². The summed E-state index contributed by atoms with van der Waals surface area (Å²) in [6.45, 7) is 6.43. The van der Waals surface area contributed by atoms with Crippen molar-refractivity contribution >= 4 is 35.8 Å². The Balaban J connectivity index is 0.00000312. The summed E-state index contributed by atoms with van der Waals surface area (Å²) in [5.74, 6) is 1.79. The summed E-state index contributed by atoms with van der Waals surface area (Å²) in [6.07, 6.45) is 10.4. The fraction of sp³-hybridized carbons (Fsp3) is 0.895. The van der Waals surface area contributed by atoms with Crippen LogP contribution in [0.5, 0.6) is 0 Å². The van der Waals surface area contributed by atoms with Crippen LogP contribution in [-0.2, 0) is 4.79 Å². The van der Waals surface area contributed by atoms with Gasteiger partial charge in [-0.2, -0.15) is 0 Å². The maximum absolute atomic E-state index is 11.7. The van der Waals surface area contributed by atoms with Gasteiger partial charge < -0.3 is 16.0 Å². The lowest BCUT2D eigenvalue weighted by atomic mass is 9.78. The molecule has 0 aliphatic heterocycles. The second-order valence-electron chi connectivity index (χ2n) is 8.10. The average Bonchev–Trinajstić information content (AvgIpc) is 3.23. The van der Waals surface area contributed by atoms with Crippen molar-refractivity contribution in [1.29, 1.82) is 0 Å². The molecule has 0 unspecified atom stereocenters. The van der Waals surface area contributed by atoms with Crippen LogP contribution in [0, 0.1) is 11.3 Å². The van der Waals surface area contributed by atoms with Crippen LogP contribution in [0.25, 0.3) is 0 Å². The predicted octanol–water partition coefficient (Wildman–Crippen LogP) is 3.43. The first kappa shape index (κ1) is 22.5. The molecule has 0 aromatic carbocycles. The molecule has 0 atom stereocenters. The standard InChI is InChI=1S/C19H36N4O.HI/c1-15(2)13-19(10-4-5-11-19)14-22-18(20-3)21-12-6-7-17(24)23-16-8-9-16;/h15-16H,4-14H2,1-3H3,(H,23,24)(H2,20,21,22);1H. The van der Waals surface area contributed by atoms with Crippen molar-refractivity contribution in [2.75, 3.05) is 20.1 Å². The molecule has 0 bridgehead atoms. The Hall–Kier alpha value is -0.530. The Morgan fingerprint density at radius 1 is 1.20 bits per heavy atom. The fourth-order valence-electron chi connectivity index (χ4n) is 3.92. The number of carbonyl (C=O) groups excluding carboxylic acids is 1. The van der Waals surface area contributed by atoms with Crippen LogP contribution in [0.2, 0.25) is 0 Å². The van der Waals surface area contributed by atoms with Gasteiger partial charge in [0.2, 0.25) is 5.91 Å². The normalized spacial score (nSPS) is 19.4. The molecule has 25 heavy (non-hydrogen) atoms. The van der Waals surface area contributed by atoms with Gasteiger partial charge in [-0.15, -0.1) is 24.0 Å². The van der Waals surface area contributed by atoms with E-state index in [-0.39, 0.29) is 29.9 Å². The van der Waals surface area contributed by atoms with Crippen LogP contribution < -0.4 is 16.0 Å². The van der Waals surface area contributed by atoms with Crippen molar-refractivity contribution in [2.45, 2.75) is 77.7 Å². The lowest BCUT2D eigenvalue weighted by molar-refractivity contribution is -0.121. The molecule has 0 spiro atoms. The van der Waals surface area contributed by atoms with E-state index in [2.05, 4.69) is 34.8 Å². The summed E-state index contributed by atoms with van der Waals surface area (Å²) < 4.78 is 0. The first-order valence-electron chi connectivity index (χ1n) is 9.77. The van der Waals surface area contributed by atoms with Crippen molar-refractivity contribution in [3.8, 4) is 0 Å². The molecule has 0 aromatic rings. The highest BCUT2D eigenvalue weighted by Crippen LogP contribution is 2.42. The zero-order valence-corrected chi connectivity index (χ0v) is 18.5. The van der Waals surface area contributed by atoms with Crippen LogP contribution in [0.4, 0.5) is 0 Å². The lowest BCUT2D eigenvalue weighted by Gasteiger charge is -2.31. The van der Waals surface area contributed by atoms with Gasteiger partial charge in [-0.3, -0.25) is 9.79 Å². The number of nitrogens with one attached hydrogen (secondary N) is 3. The molecule has 2 fully saturated rings. The predicted molar refractivity (Wildman–Crippen MR) is 116 cm³/mol. The Morgan fingerprint density at radius 2 is 1.88 bits per heavy atom. The summed E-state index contributed by atoms with van der Waals surface area (Å²) in [6, 6.07) is 0.462. The molecular weight excluding hydrogens is 427 g/mol. The molecule has 0 radical (unpaired) electrons. The van der Waals surface area contributed by atoms with E-state index < -0.39 is 0 Å². The van der Waals surface area contributed by atoms with Gasteiger partial charge >= 0.3 is 0 Å². The number of rotatable bonds is 9. The number of guanidine groups is 1. The molecule has 5 nitrogen and oxygen atoms in total. The fourth-order valence-corrected chi connectivity index (χ4v) is 3.92. The highest BCUT2D eigenvalue weighted by molar-refractivity contribution is 14.0. The molecule has 6 heteroatoms. The minimum absolute atomic E-state index is 0. The van der Waals surface area contributed by atoms with Crippen molar-refractivity contribution in [2.24, 2.45) is 16.3 Å². The number of nitrogens with zero attached hydrogens (tertiary/aromatic N) is 1. The smallest absolute Gasteiger partial charge is 0.220 e. The molecule has 2 rings (SSSR count). The van der Waals surface area contributed by atoms with Crippen LogP contribution in [0.15, 0.2) is 4.99 Å². The number of amides is 1. The van der Waals surface area contributed by atoms with Gasteiger partial charge in [0.15, 0.2) is 5.96 Å². The number of aliphatic imine (C=N–C) groups is 1. The van der Waals surface area contributed by atoms with Crippen molar-refractivity contribution < 1.29 is 4.79 Å². The first-order valence-corrected chi connectivity index (χ1v) is 9.77. The van der Waals surface area contributed by atoms with E-state index in [0.717, 1.165) is 44.2 Å². The Bertz CT molecular complexity index is 429. The topological polar surface area (TPSA) is 65.5 Å².